The molecule has 1 aliphatic heterocycles. The van der Waals surface area contributed by atoms with Gasteiger partial charge in [-0.3, -0.25) is 4.79 Å². The van der Waals surface area contributed by atoms with E-state index in [0.29, 0.717) is 39.7 Å². The molecule has 0 saturated carbocycles. The van der Waals surface area contributed by atoms with Crippen molar-refractivity contribution in [1.82, 2.24) is 5.32 Å². The second kappa shape index (κ2) is 10.4. The van der Waals surface area contributed by atoms with Gasteiger partial charge in [0.25, 0.3) is 5.91 Å². The Morgan fingerprint density at radius 3 is 2.50 bits per heavy atom. The molecule has 0 radical (unpaired) electrons. The lowest BCUT2D eigenvalue weighted by atomic mass is 10.2. The lowest BCUT2D eigenvalue weighted by Gasteiger charge is -2.07. The number of amidine groups is 1. The summed E-state index contributed by atoms with van der Waals surface area (Å²) in [5.41, 5.74) is 2.62. The maximum atomic E-state index is 12.4. The van der Waals surface area contributed by atoms with Crippen molar-refractivity contribution in [3.05, 3.63) is 93.9 Å². The van der Waals surface area contributed by atoms with E-state index in [1.807, 2.05) is 85.8 Å². The molecule has 1 N–H and O–H groups in total. The number of halogens is 1. The van der Waals surface area contributed by atoms with Crippen LogP contribution in [0, 0.1) is 0 Å². The number of benzene rings is 3. The number of carbonyl (C=O) groups excluding carboxylic acids is 1. The number of hydrogen-bond acceptors (Lipinski definition) is 5. The van der Waals surface area contributed by atoms with Crippen molar-refractivity contribution in [2.75, 3.05) is 6.61 Å². The topological polar surface area (TPSA) is 59.9 Å². The van der Waals surface area contributed by atoms with Crippen molar-refractivity contribution in [3.63, 3.8) is 0 Å². The number of nitrogens with one attached hydrogen (secondary N) is 1. The Kier molecular flexibility index (Phi) is 7.14. The van der Waals surface area contributed by atoms with Crippen LogP contribution in [-0.2, 0) is 11.4 Å². The summed E-state index contributed by atoms with van der Waals surface area (Å²) in [7, 11) is 0. The van der Waals surface area contributed by atoms with Gasteiger partial charge in [0, 0.05) is 5.02 Å². The van der Waals surface area contributed by atoms with E-state index in [-0.39, 0.29) is 5.91 Å². The Hall–Kier alpha value is -3.22. The van der Waals surface area contributed by atoms with Gasteiger partial charge in [-0.25, -0.2) is 4.99 Å². The van der Waals surface area contributed by atoms with Crippen molar-refractivity contribution >= 4 is 46.2 Å². The number of hydrogen-bond donors (Lipinski definition) is 1. The van der Waals surface area contributed by atoms with E-state index in [4.69, 9.17) is 21.1 Å². The molecule has 3 aromatic rings. The molecule has 3 aromatic carbocycles. The molecule has 1 heterocycles. The van der Waals surface area contributed by atoms with E-state index >= 15 is 0 Å². The highest BCUT2D eigenvalue weighted by atomic mass is 35.5. The molecule has 0 bridgehead atoms. The van der Waals surface area contributed by atoms with E-state index in [1.54, 1.807) is 0 Å². The van der Waals surface area contributed by atoms with Gasteiger partial charge in [0.1, 0.15) is 23.8 Å². The second-order valence-corrected chi connectivity index (χ2v) is 8.33. The van der Waals surface area contributed by atoms with Crippen LogP contribution in [0.4, 0.5) is 5.69 Å². The van der Waals surface area contributed by atoms with E-state index in [1.165, 1.54) is 11.8 Å². The number of carbonyl (C=O) groups is 1. The molecule has 0 aliphatic carbocycles. The number of aliphatic imine (C=N–C) groups is 1. The molecule has 162 valence electrons. The first-order valence-corrected chi connectivity index (χ1v) is 11.3. The summed E-state index contributed by atoms with van der Waals surface area (Å²) in [6.45, 7) is 2.93. The summed E-state index contributed by atoms with van der Waals surface area (Å²) >= 11 is 7.21. The van der Waals surface area contributed by atoms with Crippen LogP contribution in [0.2, 0.25) is 5.02 Å². The normalized spacial score (nSPS) is 15.8. The Labute approximate surface area is 196 Å². The quantitative estimate of drug-likeness (QED) is 0.422. The minimum Gasteiger partial charge on any atom is -0.492 e. The third kappa shape index (κ3) is 5.72. The van der Waals surface area contributed by atoms with Crippen molar-refractivity contribution in [3.8, 4) is 11.5 Å². The first kappa shape index (κ1) is 22.0. The predicted octanol–water partition coefficient (Wildman–Crippen LogP) is 6.21. The first-order valence-electron chi connectivity index (χ1n) is 10.1. The van der Waals surface area contributed by atoms with Gasteiger partial charge in [-0.15, -0.1) is 0 Å². The summed E-state index contributed by atoms with van der Waals surface area (Å²) in [5, 5.41) is 4.04. The molecule has 1 saturated heterocycles. The number of thioether (sulfide) groups is 1. The minimum absolute atomic E-state index is 0.175. The molecule has 0 aromatic heterocycles. The van der Waals surface area contributed by atoms with Crippen LogP contribution in [0.15, 0.2) is 82.7 Å². The van der Waals surface area contributed by atoms with Crippen LogP contribution in [-0.4, -0.2) is 17.7 Å². The van der Waals surface area contributed by atoms with E-state index in [2.05, 4.69) is 10.3 Å². The Bertz CT molecular complexity index is 1160. The number of ether oxygens (including phenoxy) is 2. The van der Waals surface area contributed by atoms with Gasteiger partial charge in [0.15, 0.2) is 5.17 Å². The van der Waals surface area contributed by atoms with Crippen molar-refractivity contribution in [2.45, 2.75) is 13.5 Å². The van der Waals surface area contributed by atoms with Crippen molar-refractivity contribution in [1.29, 1.82) is 0 Å². The summed E-state index contributed by atoms with van der Waals surface area (Å²) in [6.07, 6.45) is 1.83. The standard InChI is InChI=1S/C25H21ClN2O3S/c1-2-30-22-6-4-3-5-21(22)27-25-28-24(29)23(32-25)15-17-9-13-20(14-10-17)31-16-18-7-11-19(26)12-8-18/h3-15H,2,16H2,1H3,(H,27,28,29)/b23-15-. The molecule has 5 nitrogen and oxygen atoms in total. The lowest BCUT2D eigenvalue weighted by Crippen LogP contribution is -2.19. The van der Waals surface area contributed by atoms with Crippen molar-refractivity contribution in [2.24, 2.45) is 4.99 Å². The third-order valence-corrected chi connectivity index (χ3v) is 5.70. The van der Waals surface area contributed by atoms with E-state index in [9.17, 15) is 4.79 Å². The van der Waals surface area contributed by atoms with Gasteiger partial charge in [-0.05, 0) is 72.3 Å². The maximum Gasteiger partial charge on any atom is 0.264 e. The van der Waals surface area contributed by atoms with Gasteiger partial charge in [0.2, 0.25) is 0 Å². The zero-order chi connectivity index (χ0) is 22.3. The van der Waals surface area contributed by atoms with Crippen molar-refractivity contribution < 1.29 is 14.3 Å². The first-order chi connectivity index (χ1) is 15.6. The Morgan fingerprint density at radius 2 is 1.75 bits per heavy atom. The third-order valence-electron chi connectivity index (χ3n) is 4.53. The van der Waals surface area contributed by atoms with Gasteiger partial charge in [-0.2, -0.15) is 0 Å². The molecule has 1 amide bonds. The zero-order valence-corrected chi connectivity index (χ0v) is 19.0. The molecule has 0 atom stereocenters. The molecule has 7 heteroatoms. The molecule has 4 rings (SSSR count). The number of nitrogens with zero attached hydrogens (tertiary/aromatic N) is 1. The largest absolute Gasteiger partial charge is 0.492 e. The average Bonchev–Trinajstić information content (AvgIpc) is 3.14. The molecule has 0 spiro atoms. The van der Waals surface area contributed by atoms with Gasteiger partial charge >= 0.3 is 0 Å². The predicted molar refractivity (Wildman–Crippen MR) is 131 cm³/mol. The summed E-state index contributed by atoms with van der Waals surface area (Å²) < 4.78 is 11.4. The van der Waals surface area contributed by atoms with Gasteiger partial charge in [-0.1, -0.05) is 48.0 Å². The van der Waals surface area contributed by atoms with E-state index in [0.717, 1.165) is 16.9 Å². The monoisotopic (exact) mass is 464 g/mol. The highest BCUT2D eigenvalue weighted by Gasteiger charge is 2.24. The highest BCUT2D eigenvalue weighted by Crippen LogP contribution is 2.32. The molecule has 1 aliphatic rings. The van der Waals surface area contributed by atoms with E-state index < -0.39 is 0 Å². The van der Waals surface area contributed by atoms with Crippen LogP contribution in [0.25, 0.3) is 6.08 Å². The number of rotatable bonds is 7. The number of amides is 1. The maximum absolute atomic E-state index is 12.4. The zero-order valence-electron chi connectivity index (χ0n) is 17.4. The van der Waals surface area contributed by atoms with Gasteiger partial charge in [0.05, 0.1) is 11.5 Å². The molecule has 1 fully saturated rings. The lowest BCUT2D eigenvalue weighted by molar-refractivity contribution is -0.115. The smallest absolute Gasteiger partial charge is 0.264 e. The molecule has 32 heavy (non-hydrogen) atoms. The average molecular weight is 465 g/mol. The van der Waals surface area contributed by atoms with Gasteiger partial charge < -0.3 is 14.8 Å². The number of para-hydroxylation sites is 2. The fourth-order valence-electron chi connectivity index (χ4n) is 2.98. The summed E-state index contributed by atoms with van der Waals surface area (Å²) in [5.74, 6) is 1.26. The SMILES string of the molecule is CCOc1ccccc1N=C1NC(=O)/C(=C/c2ccc(OCc3ccc(Cl)cc3)cc2)S1. The molecular formula is C25H21ClN2O3S. The Balaban J connectivity index is 1.41. The fourth-order valence-corrected chi connectivity index (χ4v) is 3.94. The molecule has 0 unspecified atom stereocenters. The van der Waals surface area contributed by atoms with Crippen LogP contribution < -0.4 is 14.8 Å². The van der Waals surface area contributed by atoms with Crippen LogP contribution in [0.3, 0.4) is 0 Å². The minimum atomic E-state index is -0.175. The van der Waals surface area contributed by atoms with Crippen LogP contribution in [0.1, 0.15) is 18.1 Å². The summed E-state index contributed by atoms with van der Waals surface area (Å²) in [6, 6.07) is 22.6. The molecular weight excluding hydrogens is 444 g/mol. The van der Waals surface area contributed by atoms with Crippen LogP contribution in [0.5, 0.6) is 11.5 Å². The summed E-state index contributed by atoms with van der Waals surface area (Å²) in [4.78, 5) is 17.5. The highest BCUT2D eigenvalue weighted by molar-refractivity contribution is 8.18. The fraction of sp³-hybridized carbons (Fsp3) is 0.120. The second-order valence-electron chi connectivity index (χ2n) is 6.87. The Morgan fingerprint density at radius 1 is 1.00 bits per heavy atom. The van der Waals surface area contributed by atoms with Crippen LogP contribution >= 0.6 is 23.4 Å².